The maximum absolute atomic E-state index is 13.9. The van der Waals surface area contributed by atoms with Gasteiger partial charge in [-0.2, -0.15) is 0 Å². The summed E-state index contributed by atoms with van der Waals surface area (Å²) in [5, 5.41) is 3.35. The van der Waals surface area contributed by atoms with E-state index in [9.17, 15) is 14.0 Å². The Morgan fingerprint density at radius 3 is 2.70 bits per heavy atom. The molecule has 1 aromatic carbocycles. The Morgan fingerprint density at radius 1 is 1.22 bits per heavy atom. The fourth-order valence-corrected chi connectivity index (χ4v) is 3.55. The Labute approximate surface area is 159 Å². The van der Waals surface area contributed by atoms with Gasteiger partial charge in [0, 0.05) is 21.7 Å². The van der Waals surface area contributed by atoms with Crippen molar-refractivity contribution in [2.45, 2.75) is 33.9 Å². The Kier molecular flexibility index (Phi) is 5.46. The molecule has 0 atom stereocenters. The van der Waals surface area contributed by atoms with Crippen LogP contribution < -0.4 is 10.9 Å². The molecule has 0 saturated heterocycles. The highest BCUT2D eigenvalue weighted by molar-refractivity contribution is 7.15. The summed E-state index contributed by atoms with van der Waals surface area (Å²) in [5.41, 5.74) is 2.13. The highest BCUT2D eigenvalue weighted by Gasteiger charge is 2.14. The number of aromatic nitrogens is 3. The van der Waals surface area contributed by atoms with Crippen LogP contribution in [-0.4, -0.2) is 20.4 Å². The van der Waals surface area contributed by atoms with E-state index in [0.717, 1.165) is 10.6 Å². The van der Waals surface area contributed by atoms with Gasteiger partial charge in [0.15, 0.2) is 0 Å². The Balaban J connectivity index is 1.69. The minimum absolute atomic E-state index is 0.106. The Morgan fingerprint density at radius 2 is 1.96 bits per heavy atom. The minimum Gasteiger partial charge on any atom is -0.350 e. The van der Waals surface area contributed by atoms with E-state index >= 15 is 0 Å². The fourth-order valence-electron chi connectivity index (χ4n) is 2.52. The molecule has 0 unspecified atom stereocenters. The molecule has 6 nitrogen and oxygen atoms in total. The maximum Gasteiger partial charge on any atom is 0.256 e. The van der Waals surface area contributed by atoms with Crippen molar-refractivity contribution < 1.29 is 9.18 Å². The molecule has 0 aliphatic heterocycles. The molecule has 0 fully saturated rings. The van der Waals surface area contributed by atoms with E-state index in [1.165, 1.54) is 28.3 Å². The smallest absolute Gasteiger partial charge is 0.256 e. The quantitative estimate of drug-likeness (QED) is 0.732. The molecule has 140 valence electrons. The molecule has 2 aromatic heterocycles. The zero-order chi connectivity index (χ0) is 19.6. The topological polar surface area (TPSA) is 76.9 Å². The van der Waals surface area contributed by atoms with Crippen LogP contribution >= 0.6 is 11.3 Å². The van der Waals surface area contributed by atoms with Gasteiger partial charge in [-0.25, -0.2) is 14.4 Å². The molecule has 27 heavy (non-hydrogen) atoms. The highest BCUT2D eigenvalue weighted by atomic mass is 32.1. The van der Waals surface area contributed by atoms with Crippen molar-refractivity contribution >= 4 is 17.2 Å². The van der Waals surface area contributed by atoms with Crippen LogP contribution in [0, 0.1) is 26.6 Å². The van der Waals surface area contributed by atoms with Crippen LogP contribution in [0.15, 0.2) is 35.4 Å². The molecule has 1 amide bonds. The van der Waals surface area contributed by atoms with E-state index < -0.39 is 0 Å². The van der Waals surface area contributed by atoms with Gasteiger partial charge in [0.05, 0.1) is 18.6 Å². The van der Waals surface area contributed by atoms with Gasteiger partial charge in [0.2, 0.25) is 5.91 Å². The summed E-state index contributed by atoms with van der Waals surface area (Å²) in [7, 11) is 0. The Hall–Kier alpha value is -2.87. The third-order valence-corrected chi connectivity index (χ3v) is 5.46. The minimum atomic E-state index is -0.330. The van der Waals surface area contributed by atoms with E-state index in [2.05, 4.69) is 15.3 Å². The second kappa shape index (κ2) is 7.79. The molecule has 0 saturated carbocycles. The van der Waals surface area contributed by atoms with Crippen molar-refractivity contribution in [1.82, 2.24) is 19.9 Å². The summed E-state index contributed by atoms with van der Waals surface area (Å²) in [6.45, 7) is 5.42. The highest BCUT2D eigenvalue weighted by Crippen LogP contribution is 2.29. The third-order valence-electron chi connectivity index (χ3n) is 4.27. The molecule has 0 radical (unpaired) electrons. The maximum atomic E-state index is 13.9. The largest absolute Gasteiger partial charge is 0.350 e. The second-order valence-corrected chi connectivity index (χ2v) is 7.26. The van der Waals surface area contributed by atoms with Crippen molar-refractivity contribution in [3.05, 3.63) is 68.6 Å². The van der Waals surface area contributed by atoms with Crippen LogP contribution in [0.2, 0.25) is 0 Å². The summed E-state index contributed by atoms with van der Waals surface area (Å²) in [6, 6.07) is 6.45. The van der Waals surface area contributed by atoms with Crippen LogP contribution in [0.25, 0.3) is 10.6 Å². The average molecular weight is 386 g/mol. The van der Waals surface area contributed by atoms with Gasteiger partial charge < -0.3 is 5.32 Å². The van der Waals surface area contributed by atoms with E-state index in [4.69, 9.17) is 0 Å². The number of hydrogen-bond donors (Lipinski definition) is 1. The first kappa shape index (κ1) is 18.9. The summed E-state index contributed by atoms with van der Waals surface area (Å²) >= 11 is 1.34. The first-order chi connectivity index (χ1) is 12.9. The number of nitrogens with zero attached hydrogens (tertiary/aromatic N) is 3. The van der Waals surface area contributed by atoms with Gasteiger partial charge in [-0.1, -0.05) is 12.1 Å². The lowest BCUT2D eigenvalue weighted by Crippen LogP contribution is -2.33. The summed E-state index contributed by atoms with van der Waals surface area (Å²) in [6.07, 6.45) is 1.37. The average Bonchev–Trinajstić information content (AvgIpc) is 3.01. The van der Waals surface area contributed by atoms with Gasteiger partial charge in [-0.05, 0) is 32.9 Å². The van der Waals surface area contributed by atoms with Gasteiger partial charge >= 0.3 is 0 Å². The number of rotatable bonds is 5. The van der Waals surface area contributed by atoms with Crippen molar-refractivity contribution in [2.75, 3.05) is 0 Å². The first-order valence-corrected chi connectivity index (χ1v) is 9.19. The molecule has 0 spiro atoms. The van der Waals surface area contributed by atoms with Crippen LogP contribution in [0.3, 0.4) is 0 Å². The van der Waals surface area contributed by atoms with Crippen molar-refractivity contribution in [2.24, 2.45) is 0 Å². The number of benzene rings is 1. The van der Waals surface area contributed by atoms with Crippen LogP contribution in [0.5, 0.6) is 0 Å². The molecular weight excluding hydrogens is 367 g/mol. The molecule has 0 bridgehead atoms. The molecule has 1 N–H and O–H groups in total. The number of carbonyl (C=O) groups excluding carboxylic acids is 1. The number of aryl methyl sites for hydroxylation is 2. The number of halogens is 1. The normalized spacial score (nSPS) is 10.8. The van der Waals surface area contributed by atoms with Gasteiger partial charge in [-0.15, -0.1) is 11.3 Å². The van der Waals surface area contributed by atoms with Gasteiger partial charge in [0.25, 0.3) is 5.56 Å². The summed E-state index contributed by atoms with van der Waals surface area (Å²) in [5.74, 6) is -0.633. The van der Waals surface area contributed by atoms with Gasteiger partial charge in [-0.3, -0.25) is 14.2 Å². The first-order valence-electron chi connectivity index (χ1n) is 8.37. The molecular formula is C19H19FN4O2S. The predicted molar refractivity (Wildman–Crippen MR) is 102 cm³/mol. The molecule has 3 aromatic rings. The second-order valence-electron chi connectivity index (χ2n) is 6.17. The lowest BCUT2D eigenvalue weighted by atomic mass is 10.2. The number of carbonyl (C=O) groups is 1. The van der Waals surface area contributed by atoms with Crippen molar-refractivity contribution in [3.8, 4) is 10.6 Å². The van der Waals surface area contributed by atoms with Crippen LogP contribution in [0.4, 0.5) is 4.39 Å². The zero-order valence-electron chi connectivity index (χ0n) is 15.2. The molecule has 0 aliphatic carbocycles. The molecule has 8 heteroatoms. The zero-order valence-corrected chi connectivity index (χ0v) is 16.1. The molecule has 3 rings (SSSR count). The van der Waals surface area contributed by atoms with Crippen LogP contribution in [-0.2, 0) is 17.9 Å². The Bertz CT molecular complexity index is 1060. The monoisotopic (exact) mass is 386 g/mol. The van der Waals surface area contributed by atoms with Crippen molar-refractivity contribution in [1.29, 1.82) is 0 Å². The summed E-state index contributed by atoms with van der Waals surface area (Å²) in [4.78, 5) is 33.7. The molecule has 0 aliphatic rings. The SMILES string of the molecule is Cc1nc(-c2ccccc2F)sc1CNC(=O)Cn1cnc(C)c(C)c1=O. The van der Waals surface area contributed by atoms with Crippen molar-refractivity contribution in [3.63, 3.8) is 0 Å². The van der Waals surface area contributed by atoms with E-state index in [1.54, 1.807) is 32.0 Å². The lowest BCUT2D eigenvalue weighted by Gasteiger charge is -2.08. The number of nitrogens with one attached hydrogen (secondary N) is 1. The number of hydrogen-bond acceptors (Lipinski definition) is 5. The summed E-state index contributed by atoms with van der Waals surface area (Å²) < 4.78 is 15.2. The van der Waals surface area contributed by atoms with Gasteiger partial charge in [0.1, 0.15) is 17.4 Å². The third kappa shape index (κ3) is 4.11. The lowest BCUT2D eigenvalue weighted by molar-refractivity contribution is -0.121. The van der Waals surface area contributed by atoms with E-state index in [0.29, 0.717) is 21.8 Å². The van der Waals surface area contributed by atoms with E-state index in [-0.39, 0.29) is 30.4 Å². The number of thiazole rings is 1. The van der Waals surface area contributed by atoms with E-state index in [1.807, 2.05) is 6.92 Å². The fraction of sp³-hybridized carbons (Fsp3) is 0.263. The predicted octanol–water partition coefficient (Wildman–Crippen LogP) is 2.75. The molecule has 2 heterocycles. The number of amides is 1. The standard InChI is InChI=1S/C19H19FN4O2S/c1-11-12(2)22-10-24(19(11)26)9-17(25)21-8-16-13(3)23-18(27-16)14-6-4-5-7-15(14)20/h4-7,10H,8-9H2,1-3H3,(H,21,25). The van der Waals surface area contributed by atoms with Crippen LogP contribution in [0.1, 0.15) is 21.8 Å².